The van der Waals surface area contributed by atoms with Gasteiger partial charge >= 0.3 is 0 Å². The SMILES string of the molecule is CC(Cc1ccccc1)(NC(=O)[C@@H](N)Cc1ccccc1)c1ccccc1. The normalized spacial score (nSPS) is 14.1. The van der Waals surface area contributed by atoms with Crippen molar-refractivity contribution in [1.29, 1.82) is 0 Å². The van der Waals surface area contributed by atoms with E-state index in [9.17, 15) is 4.79 Å². The Morgan fingerprint density at radius 2 is 1.33 bits per heavy atom. The molecule has 2 atom stereocenters. The molecule has 3 aromatic rings. The number of benzene rings is 3. The molecule has 0 aliphatic heterocycles. The molecule has 27 heavy (non-hydrogen) atoms. The Morgan fingerprint density at radius 3 is 1.89 bits per heavy atom. The van der Waals surface area contributed by atoms with Crippen LogP contribution >= 0.6 is 0 Å². The fourth-order valence-electron chi connectivity index (χ4n) is 3.35. The first-order chi connectivity index (χ1) is 13.1. The van der Waals surface area contributed by atoms with Crippen molar-refractivity contribution >= 4 is 5.91 Å². The zero-order chi connectivity index (χ0) is 19.1. The van der Waals surface area contributed by atoms with Gasteiger partial charge in [0.15, 0.2) is 0 Å². The van der Waals surface area contributed by atoms with Gasteiger partial charge in [-0.15, -0.1) is 0 Å². The fraction of sp³-hybridized carbons (Fsp3) is 0.208. The molecule has 0 fully saturated rings. The maximum Gasteiger partial charge on any atom is 0.237 e. The van der Waals surface area contributed by atoms with E-state index in [0.29, 0.717) is 12.8 Å². The summed E-state index contributed by atoms with van der Waals surface area (Å²) in [6.07, 6.45) is 1.21. The van der Waals surface area contributed by atoms with Gasteiger partial charge in [0.05, 0.1) is 11.6 Å². The number of hydrogen-bond acceptors (Lipinski definition) is 2. The summed E-state index contributed by atoms with van der Waals surface area (Å²) in [5, 5.41) is 3.21. The fourth-order valence-corrected chi connectivity index (χ4v) is 3.35. The molecule has 3 nitrogen and oxygen atoms in total. The van der Waals surface area contributed by atoms with Gasteiger partial charge in [0.2, 0.25) is 5.91 Å². The van der Waals surface area contributed by atoms with E-state index >= 15 is 0 Å². The number of carbonyl (C=O) groups is 1. The van der Waals surface area contributed by atoms with Crippen molar-refractivity contribution in [3.63, 3.8) is 0 Å². The van der Waals surface area contributed by atoms with E-state index in [-0.39, 0.29) is 5.91 Å². The molecule has 3 heteroatoms. The summed E-state index contributed by atoms with van der Waals surface area (Å²) in [7, 11) is 0. The third-order valence-corrected chi connectivity index (χ3v) is 4.85. The molecule has 138 valence electrons. The standard InChI is InChI=1S/C24H26N2O/c1-24(21-15-9-4-10-16-21,18-20-13-7-3-8-14-20)26-23(27)22(25)17-19-11-5-2-6-12-19/h2-16,22H,17-18,25H2,1H3,(H,26,27)/t22-,24?/m0/s1. The third-order valence-electron chi connectivity index (χ3n) is 4.85. The molecular weight excluding hydrogens is 332 g/mol. The first-order valence-corrected chi connectivity index (χ1v) is 9.28. The maximum atomic E-state index is 12.9. The zero-order valence-corrected chi connectivity index (χ0v) is 15.6. The predicted octanol–water partition coefficient (Wildman–Crippen LogP) is 3.83. The highest BCUT2D eigenvalue weighted by Gasteiger charge is 2.30. The van der Waals surface area contributed by atoms with Crippen molar-refractivity contribution in [1.82, 2.24) is 5.32 Å². The van der Waals surface area contributed by atoms with Crippen molar-refractivity contribution in [2.75, 3.05) is 0 Å². The third kappa shape index (κ3) is 5.05. The van der Waals surface area contributed by atoms with E-state index in [1.54, 1.807) is 0 Å². The smallest absolute Gasteiger partial charge is 0.237 e. The van der Waals surface area contributed by atoms with E-state index in [0.717, 1.165) is 11.1 Å². The van der Waals surface area contributed by atoms with Gasteiger partial charge in [0.25, 0.3) is 0 Å². The summed E-state index contributed by atoms with van der Waals surface area (Å²) in [5.74, 6) is -0.138. The van der Waals surface area contributed by atoms with Crippen LogP contribution in [0.4, 0.5) is 0 Å². The van der Waals surface area contributed by atoms with Gasteiger partial charge in [-0.1, -0.05) is 91.0 Å². The monoisotopic (exact) mass is 358 g/mol. The van der Waals surface area contributed by atoms with Crippen LogP contribution in [0.3, 0.4) is 0 Å². The summed E-state index contributed by atoms with van der Waals surface area (Å²) < 4.78 is 0. The van der Waals surface area contributed by atoms with Gasteiger partial charge < -0.3 is 11.1 Å². The number of nitrogens with one attached hydrogen (secondary N) is 1. The van der Waals surface area contributed by atoms with Gasteiger partial charge in [-0.2, -0.15) is 0 Å². The van der Waals surface area contributed by atoms with Crippen LogP contribution in [0.25, 0.3) is 0 Å². The van der Waals surface area contributed by atoms with Crippen LogP contribution in [0.1, 0.15) is 23.6 Å². The quantitative estimate of drug-likeness (QED) is 0.674. The minimum Gasteiger partial charge on any atom is -0.345 e. The summed E-state index contributed by atoms with van der Waals surface area (Å²) in [4.78, 5) is 12.9. The van der Waals surface area contributed by atoms with Gasteiger partial charge in [0, 0.05) is 0 Å². The Bertz CT molecular complexity index is 849. The van der Waals surface area contributed by atoms with Crippen LogP contribution in [-0.4, -0.2) is 11.9 Å². The highest BCUT2D eigenvalue weighted by Crippen LogP contribution is 2.25. The average molecular weight is 358 g/mol. The van der Waals surface area contributed by atoms with Crippen molar-refractivity contribution in [2.45, 2.75) is 31.3 Å². The Kier molecular flexibility index (Phi) is 6.05. The first kappa shape index (κ1) is 18.9. The lowest BCUT2D eigenvalue weighted by Gasteiger charge is -2.33. The molecule has 0 saturated carbocycles. The van der Waals surface area contributed by atoms with Crippen molar-refractivity contribution in [3.8, 4) is 0 Å². The molecule has 1 amide bonds. The second-order valence-electron chi connectivity index (χ2n) is 7.15. The number of nitrogens with two attached hydrogens (primary N) is 1. The largest absolute Gasteiger partial charge is 0.345 e. The highest BCUT2D eigenvalue weighted by molar-refractivity contribution is 5.82. The second-order valence-corrected chi connectivity index (χ2v) is 7.15. The van der Waals surface area contributed by atoms with E-state index in [4.69, 9.17) is 5.73 Å². The molecule has 0 aliphatic rings. The summed E-state index contributed by atoms with van der Waals surface area (Å²) in [5.41, 5.74) is 8.97. The first-order valence-electron chi connectivity index (χ1n) is 9.28. The van der Waals surface area contributed by atoms with E-state index < -0.39 is 11.6 Å². The van der Waals surface area contributed by atoms with Crippen molar-refractivity contribution in [2.24, 2.45) is 5.73 Å². The molecule has 0 bridgehead atoms. The lowest BCUT2D eigenvalue weighted by atomic mass is 9.85. The van der Waals surface area contributed by atoms with Crippen LogP contribution < -0.4 is 11.1 Å². The summed E-state index contributed by atoms with van der Waals surface area (Å²) in [6.45, 7) is 2.06. The van der Waals surface area contributed by atoms with Crippen LogP contribution in [0.2, 0.25) is 0 Å². The van der Waals surface area contributed by atoms with Gasteiger partial charge in [-0.3, -0.25) is 4.79 Å². The molecule has 1 unspecified atom stereocenters. The number of amides is 1. The predicted molar refractivity (Wildman–Crippen MR) is 110 cm³/mol. The van der Waals surface area contributed by atoms with E-state index in [1.807, 2.05) is 78.9 Å². The maximum absolute atomic E-state index is 12.9. The number of hydrogen-bond donors (Lipinski definition) is 2. The lowest BCUT2D eigenvalue weighted by molar-refractivity contribution is -0.124. The van der Waals surface area contributed by atoms with Gasteiger partial charge in [-0.25, -0.2) is 0 Å². The molecule has 0 spiro atoms. The zero-order valence-electron chi connectivity index (χ0n) is 15.6. The Hall–Kier alpha value is -2.91. The van der Waals surface area contributed by atoms with Gasteiger partial charge in [0.1, 0.15) is 0 Å². The number of carbonyl (C=O) groups excluding carboxylic acids is 1. The molecule has 3 rings (SSSR count). The number of rotatable bonds is 7. The Labute approximate surface area is 161 Å². The van der Waals surface area contributed by atoms with Crippen molar-refractivity contribution in [3.05, 3.63) is 108 Å². The molecule has 0 heterocycles. The second kappa shape index (κ2) is 8.65. The molecule has 0 saturated heterocycles. The summed E-state index contributed by atoms with van der Waals surface area (Å²) in [6, 6.07) is 29.5. The van der Waals surface area contributed by atoms with E-state index in [2.05, 4.69) is 24.4 Å². The minimum absolute atomic E-state index is 0.138. The molecule has 3 N–H and O–H groups in total. The van der Waals surface area contributed by atoms with E-state index in [1.165, 1.54) is 5.56 Å². The van der Waals surface area contributed by atoms with Crippen LogP contribution in [-0.2, 0) is 23.2 Å². The van der Waals surface area contributed by atoms with Crippen molar-refractivity contribution < 1.29 is 4.79 Å². The van der Waals surface area contributed by atoms with Crippen LogP contribution in [0.5, 0.6) is 0 Å². The molecule has 0 radical (unpaired) electrons. The Morgan fingerprint density at radius 1 is 0.852 bits per heavy atom. The van der Waals surface area contributed by atoms with Gasteiger partial charge in [-0.05, 0) is 36.5 Å². The molecular formula is C24H26N2O. The topological polar surface area (TPSA) is 55.1 Å². The average Bonchev–Trinajstić information content (AvgIpc) is 2.70. The lowest BCUT2D eigenvalue weighted by Crippen LogP contribution is -2.52. The molecule has 0 aliphatic carbocycles. The Balaban J connectivity index is 1.79. The minimum atomic E-state index is -0.591. The van der Waals surface area contributed by atoms with Crippen LogP contribution in [0.15, 0.2) is 91.0 Å². The summed E-state index contributed by atoms with van der Waals surface area (Å²) >= 11 is 0. The van der Waals surface area contributed by atoms with Crippen LogP contribution in [0, 0.1) is 0 Å². The molecule has 3 aromatic carbocycles. The highest BCUT2D eigenvalue weighted by atomic mass is 16.2. The molecule has 0 aromatic heterocycles.